The first kappa shape index (κ1) is 22.8. The van der Waals surface area contributed by atoms with Gasteiger partial charge in [-0.05, 0) is 31.2 Å². The summed E-state index contributed by atoms with van der Waals surface area (Å²) in [5, 5.41) is 21.4. The zero-order chi connectivity index (χ0) is 23.4. The number of nitro groups is 2. The Morgan fingerprint density at radius 3 is 1.81 bits per heavy atom. The van der Waals surface area contributed by atoms with Crippen LogP contribution in [0.2, 0.25) is 0 Å². The summed E-state index contributed by atoms with van der Waals surface area (Å²) in [6, 6.07) is 10.1. The molecule has 11 heteroatoms. The van der Waals surface area contributed by atoms with E-state index in [9.17, 15) is 29.8 Å². The number of hydrogen-bond donors (Lipinski definition) is 0. The minimum Gasteiger partial charge on any atom is -0.459 e. The smallest absolute Gasteiger partial charge is 0.338 e. The van der Waals surface area contributed by atoms with E-state index in [1.54, 1.807) is 13.8 Å². The summed E-state index contributed by atoms with van der Waals surface area (Å²) in [5.74, 6) is -1.60. The Labute approximate surface area is 182 Å². The van der Waals surface area contributed by atoms with E-state index in [4.69, 9.17) is 14.2 Å². The maximum atomic E-state index is 12.4. The molecule has 1 aliphatic rings. The standard InChI is InChI=1S/C21H20N2O9/c1-12-18(11-30-20(24)14-3-7-16(8-4-14)22(26)27)31-13(2)19(12)32-21(25)15-5-9-17(10-6-15)23(28)29/h3-10,12-13,18-19H,11H2,1-2H3/t12-,13+,18-,19+/m1/s1. The SMILES string of the molecule is C[C@H]1[C@H](OC(=O)c2ccc([N+](=O)[O-])cc2)[C@H](C)O[C@@H]1COC(=O)c1ccc([N+](=O)[O-])cc1. The molecule has 0 bridgehead atoms. The van der Waals surface area contributed by atoms with Crippen LogP contribution >= 0.6 is 0 Å². The number of carbonyl (C=O) groups is 2. The fourth-order valence-electron chi connectivity index (χ4n) is 3.38. The van der Waals surface area contributed by atoms with Gasteiger partial charge in [-0.15, -0.1) is 0 Å². The molecule has 0 saturated carbocycles. The van der Waals surface area contributed by atoms with Gasteiger partial charge in [0.05, 0.1) is 33.2 Å². The molecule has 4 atom stereocenters. The van der Waals surface area contributed by atoms with E-state index in [-0.39, 0.29) is 35.0 Å². The van der Waals surface area contributed by atoms with Gasteiger partial charge in [0.2, 0.25) is 0 Å². The van der Waals surface area contributed by atoms with Crippen molar-refractivity contribution in [3.63, 3.8) is 0 Å². The molecule has 11 nitrogen and oxygen atoms in total. The van der Waals surface area contributed by atoms with Crippen molar-refractivity contribution in [2.24, 2.45) is 5.92 Å². The molecular formula is C21H20N2O9. The monoisotopic (exact) mass is 444 g/mol. The molecule has 0 spiro atoms. The molecule has 1 saturated heterocycles. The average Bonchev–Trinajstić information content (AvgIpc) is 3.05. The molecular weight excluding hydrogens is 424 g/mol. The first-order valence-electron chi connectivity index (χ1n) is 9.70. The van der Waals surface area contributed by atoms with Gasteiger partial charge in [-0.3, -0.25) is 20.2 Å². The second-order valence-electron chi connectivity index (χ2n) is 7.32. The van der Waals surface area contributed by atoms with E-state index in [0.29, 0.717) is 0 Å². The van der Waals surface area contributed by atoms with Crippen molar-refractivity contribution >= 4 is 23.3 Å². The Hall–Kier alpha value is -3.86. The predicted molar refractivity (Wildman–Crippen MR) is 109 cm³/mol. The van der Waals surface area contributed by atoms with Crippen molar-refractivity contribution in [3.05, 3.63) is 79.9 Å². The van der Waals surface area contributed by atoms with Gasteiger partial charge in [-0.1, -0.05) is 6.92 Å². The van der Waals surface area contributed by atoms with Gasteiger partial charge in [0.25, 0.3) is 11.4 Å². The lowest BCUT2D eigenvalue weighted by molar-refractivity contribution is -0.385. The largest absolute Gasteiger partial charge is 0.459 e. The Bertz CT molecular complexity index is 1020. The van der Waals surface area contributed by atoms with E-state index in [0.717, 1.165) is 0 Å². The Morgan fingerprint density at radius 2 is 1.34 bits per heavy atom. The molecule has 1 fully saturated rings. The van der Waals surface area contributed by atoms with Crippen LogP contribution in [0.4, 0.5) is 11.4 Å². The van der Waals surface area contributed by atoms with Crippen LogP contribution in [0.15, 0.2) is 48.5 Å². The van der Waals surface area contributed by atoms with Gasteiger partial charge in [0, 0.05) is 30.2 Å². The minimum atomic E-state index is -0.658. The molecule has 0 unspecified atom stereocenters. The second kappa shape index (κ2) is 9.52. The molecule has 2 aromatic rings. The van der Waals surface area contributed by atoms with Crippen LogP contribution in [-0.4, -0.2) is 46.7 Å². The topological polar surface area (TPSA) is 148 Å². The molecule has 0 N–H and O–H groups in total. The van der Waals surface area contributed by atoms with Crippen molar-refractivity contribution in [1.29, 1.82) is 0 Å². The van der Waals surface area contributed by atoms with E-state index in [1.807, 2.05) is 0 Å². The molecule has 0 amide bonds. The molecule has 3 rings (SSSR count). The molecule has 2 aromatic carbocycles. The van der Waals surface area contributed by atoms with Crippen molar-refractivity contribution < 1.29 is 33.6 Å². The number of rotatable bonds is 7. The van der Waals surface area contributed by atoms with Crippen LogP contribution in [0, 0.1) is 26.1 Å². The Kier molecular flexibility index (Phi) is 6.79. The molecule has 0 radical (unpaired) electrons. The van der Waals surface area contributed by atoms with Crippen LogP contribution in [0.25, 0.3) is 0 Å². The van der Waals surface area contributed by atoms with Crippen molar-refractivity contribution in [1.82, 2.24) is 0 Å². The zero-order valence-corrected chi connectivity index (χ0v) is 17.2. The summed E-state index contributed by atoms with van der Waals surface area (Å²) in [6.07, 6.45) is -1.60. The van der Waals surface area contributed by atoms with E-state index >= 15 is 0 Å². The summed E-state index contributed by atoms with van der Waals surface area (Å²) < 4.78 is 16.6. The lowest BCUT2D eigenvalue weighted by atomic mass is 9.99. The Morgan fingerprint density at radius 1 is 0.875 bits per heavy atom. The highest BCUT2D eigenvalue weighted by molar-refractivity contribution is 5.90. The van der Waals surface area contributed by atoms with Gasteiger partial charge in [-0.2, -0.15) is 0 Å². The fraction of sp³-hybridized carbons (Fsp3) is 0.333. The summed E-state index contributed by atoms with van der Waals surface area (Å²) in [4.78, 5) is 44.9. The van der Waals surface area contributed by atoms with Crippen LogP contribution in [-0.2, 0) is 14.2 Å². The van der Waals surface area contributed by atoms with Crippen molar-refractivity contribution in [2.75, 3.05) is 6.61 Å². The molecule has 0 aliphatic carbocycles. The van der Waals surface area contributed by atoms with Gasteiger partial charge in [0.1, 0.15) is 12.7 Å². The molecule has 0 aromatic heterocycles. The molecule has 32 heavy (non-hydrogen) atoms. The quantitative estimate of drug-likeness (QED) is 0.356. The van der Waals surface area contributed by atoms with Gasteiger partial charge in [0.15, 0.2) is 0 Å². The normalized spacial score (nSPS) is 22.2. The number of esters is 2. The maximum Gasteiger partial charge on any atom is 0.338 e. The third kappa shape index (κ3) is 5.06. The number of nitro benzene ring substituents is 2. The number of ether oxygens (including phenoxy) is 3. The maximum absolute atomic E-state index is 12.4. The Balaban J connectivity index is 1.56. The van der Waals surface area contributed by atoms with E-state index in [1.165, 1.54) is 48.5 Å². The summed E-state index contributed by atoms with van der Waals surface area (Å²) >= 11 is 0. The van der Waals surface area contributed by atoms with Gasteiger partial charge >= 0.3 is 11.9 Å². The minimum absolute atomic E-state index is 0.0904. The molecule has 1 aliphatic heterocycles. The highest BCUT2D eigenvalue weighted by Gasteiger charge is 2.42. The fourth-order valence-corrected chi connectivity index (χ4v) is 3.38. The van der Waals surface area contributed by atoms with Gasteiger partial charge in [-0.25, -0.2) is 9.59 Å². The second-order valence-corrected chi connectivity index (χ2v) is 7.32. The third-order valence-electron chi connectivity index (χ3n) is 5.21. The van der Waals surface area contributed by atoms with Crippen molar-refractivity contribution in [2.45, 2.75) is 32.2 Å². The summed E-state index contributed by atoms with van der Waals surface area (Å²) in [5.41, 5.74) is 0.0571. The highest BCUT2D eigenvalue weighted by atomic mass is 16.6. The number of non-ortho nitro benzene ring substituents is 2. The molecule has 1 heterocycles. The van der Waals surface area contributed by atoms with Crippen LogP contribution in [0.1, 0.15) is 34.6 Å². The average molecular weight is 444 g/mol. The first-order chi connectivity index (χ1) is 15.2. The number of hydrogen-bond acceptors (Lipinski definition) is 9. The number of nitrogens with zero attached hydrogens (tertiary/aromatic N) is 2. The van der Waals surface area contributed by atoms with E-state index in [2.05, 4.69) is 0 Å². The van der Waals surface area contributed by atoms with Crippen LogP contribution in [0.5, 0.6) is 0 Å². The highest BCUT2D eigenvalue weighted by Crippen LogP contribution is 2.30. The van der Waals surface area contributed by atoms with Gasteiger partial charge < -0.3 is 14.2 Å². The first-order valence-corrected chi connectivity index (χ1v) is 9.70. The molecule has 168 valence electrons. The number of carbonyl (C=O) groups excluding carboxylic acids is 2. The summed E-state index contributed by atoms with van der Waals surface area (Å²) in [6.45, 7) is 3.43. The lowest BCUT2D eigenvalue weighted by Gasteiger charge is -2.20. The predicted octanol–water partition coefficient (Wildman–Crippen LogP) is 3.31. The lowest BCUT2D eigenvalue weighted by Crippen LogP contribution is -2.31. The zero-order valence-electron chi connectivity index (χ0n) is 17.2. The third-order valence-corrected chi connectivity index (χ3v) is 5.21. The van der Waals surface area contributed by atoms with Crippen molar-refractivity contribution in [3.8, 4) is 0 Å². The summed E-state index contributed by atoms with van der Waals surface area (Å²) in [7, 11) is 0. The number of benzene rings is 2. The van der Waals surface area contributed by atoms with Crippen LogP contribution < -0.4 is 0 Å². The van der Waals surface area contributed by atoms with E-state index < -0.39 is 40.1 Å². The van der Waals surface area contributed by atoms with Crippen LogP contribution in [0.3, 0.4) is 0 Å².